The molecule has 2 aliphatic rings. The quantitative estimate of drug-likeness (QED) is 0.635. The number of rotatable bonds is 6. The summed E-state index contributed by atoms with van der Waals surface area (Å²) in [5.41, 5.74) is 2.44. The van der Waals surface area contributed by atoms with Gasteiger partial charge in [-0.2, -0.15) is 0 Å². The Labute approximate surface area is 196 Å². The van der Waals surface area contributed by atoms with Crippen LogP contribution in [0, 0.1) is 6.92 Å². The van der Waals surface area contributed by atoms with Crippen molar-refractivity contribution in [3.05, 3.63) is 58.7 Å². The summed E-state index contributed by atoms with van der Waals surface area (Å²) in [6.07, 6.45) is 5.80. The number of nitrogens with zero attached hydrogens (tertiary/aromatic N) is 3. The van der Waals surface area contributed by atoms with E-state index in [2.05, 4.69) is 39.9 Å². The zero-order chi connectivity index (χ0) is 22.7. The third-order valence-electron chi connectivity index (χ3n) is 6.44. The zero-order valence-corrected chi connectivity index (χ0v) is 20.4. The molecule has 8 heteroatoms. The molecule has 2 saturated heterocycles. The van der Waals surface area contributed by atoms with Crippen molar-refractivity contribution in [3.63, 3.8) is 0 Å². The molecule has 0 saturated carbocycles. The number of piperidine rings is 1. The smallest absolute Gasteiger partial charge is 0.150 e. The molecule has 0 N–H and O–H groups in total. The van der Waals surface area contributed by atoms with Gasteiger partial charge >= 0.3 is 0 Å². The largest absolute Gasteiger partial charge is 0.374 e. The van der Waals surface area contributed by atoms with Gasteiger partial charge in [0.25, 0.3) is 0 Å². The van der Waals surface area contributed by atoms with Crippen LogP contribution in [0.5, 0.6) is 0 Å². The third kappa shape index (κ3) is 6.22. The van der Waals surface area contributed by atoms with E-state index >= 15 is 0 Å². The van der Waals surface area contributed by atoms with E-state index in [4.69, 9.17) is 16.3 Å². The van der Waals surface area contributed by atoms with Crippen LogP contribution in [-0.4, -0.2) is 74.7 Å². The summed E-state index contributed by atoms with van der Waals surface area (Å²) in [6, 6.07) is 12.8. The number of ether oxygens (including phenoxy) is 1. The Hall–Kier alpha value is -1.67. The number of sulfone groups is 1. The fraction of sp³-hybridized carbons (Fsp3) is 0.542. The van der Waals surface area contributed by atoms with Crippen molar-refractivity contribution < 1.29 is 13.2 Å². The second-order valence-electron chi connectivity index (χ2n) is 9.14. The minimum atomic E-state index is -3.09. The maximum absolute atomic E-state index is 11.9. The minimum absolute atomic E-state index is 0.0726. The lowest BCUT2D eigenvalue weighted by Crippen LogP contribution is -2.58. The van der Waals surface area contributed by atoms with E-state index in [9.17, 15) is 8.42 Å². The molecule has 0 unspecified atom stereocenters. The van der Waals surface area contributed by atoms with Crippen molar-refractivity contribution in [2.24, 2.45) is 0 Å². The average Bonchev–Trinajstić information content (AvgIpc) is 2.75. The first kappa shape index (κ1) is 23.5. The maximum Gasteiger partial charge on any atom is 0.150 e. The molecular formula is C24H32ClN3O3S. The highest BCUT2D eigenvalue weighted by molar-refractivity contribution is 7.90. The number of hydrogen-bond donors (Lipinski definition) is 0. The minimum Gasteiger partial charge on any atom is -0.374 e. The van der Waals surface area contributed by atoms with Crippen LogP contribution >= 0.6 is 11.6 Å². The molecular weight excluding hydrogens is 446 g/mol. The van der Waals surface area contributed by atoms with Gasteiger partial charge in [-0.1, -0.05) is 23.7 Å². The zero-order valence-electron chi connectivity index (χ0n) is 18.8. The molecule has 1 aromatic heterocycles. The van der Waals surface area contributed by atoms with Crippen molar-refractivity contribution in [2.45, 2.75) is 44.4 Å². The highest BCUT2D eigenvalue weighted by Crippen LogP contribution is 2.27. The van der Waals surface area contributed by atoms with Crippen LogP contribution < -0.4 is 4.90 Å². The predicted molar refractivity (Wildman–Crippen MR) is 129 cm³/mol. The van der Waals surface area contributed by atoms with Crippen LogP contribution in [0.4, 0.5) is 5.82 Å². The Morgan fingerprint density at radius 2 is 1.88 bits per heavy atom. The fourth-order valence-electron chi connectivity index (χ4n) is 4.85. The molecule has 2 aromatic rings. The molecule has 0 amide bonds. The molecule has 4 rings (SSSR count). The lowest BCUT2D eigenvalue weighted by atomic mass is 9.96. The van der Waals surface area contributed by atoms with E-state index in [0.717, 1.165) is 43.2 Å². The summed E-state index contributed by atoms with van der Waals surface area (Å²) in [7, 11) is -3.09. The van der Waals surface area contributed by atoms with Crippen LogP contribution in [0.1, 0.15) is 24.0 Å². The summed E-state index contributed by atoms with van der Waals surface area (Å²) in [6.45, 7) is 5.18. The van der Waals surface area contributed by atoms with E-state index in [1.807, 2.05) is 24.4 Å². The van der Waals surface area contributed by atoms with Crippen molar-refractivity contribution in [1.29, 1.82) is 0 Å². The van der Waals surface area contributed by atoms with Gasteiger partial charge in [0.05, 0.1) is 18.5 Å². The van der Waals surface area contributed by atoms with Crippen LogP contribution in [0.2, 0.25) is 5.02 Å². The highest BCUT2D eigenvalue weighted by Gasteiger charge is 2.36. The van der Waals surface area contributed by atoms with Gasteiger partial charge < -0.3 is 9.64 Å². The SMILES string of the molecule is Cc1ccnc(N2CCC(N3C[C@H](CS(C)(=O)=O)OC[C@@H]3Cc3ccc(Cl)cc3)CC2)c1. The highest BCUT2D eigenvalue weighted by atomic mass is 35.5. The van der Waals surface area contributed by atoms with Crippen LogP contribution in [0.25, 0.3) is 0 Å². The fourth-order valence-corrected chi connectivity index (χ4v) is 5.86. The first-order chi connectivity index (χ1) is 15.3. The third-order valence-corrected chi connectivity index (χ3v) is 7.67. The van der Waals surface area contributed by atoms with Gasteiger partial charge in [-0.05, 0) is 61.6 Å². The first-order valence-corrected chi connectivity index (χ1v) is 13.7. The summed E-state index contributed by atoms with van der Waals surface area (Å²) in [5.74, 6) is 1.11. The molecule has 2 aliphatic heterocycles. The van der Waals surface area contributed by atoms with Crippen molar-refractivity contribution in [3.8, 4) is 0 Å². The van der Waals surface area contributed by atoms with E-state index < -0.39 is 9.84 Å². The van der Waals surface area contributed by atoms with Gasteiger partial charge in [0.15, 0.2) is 0 Å². The van der Waals surface area contributed by atoms with Crippen LogP contribution in [0.3, 0.4) is 0 Å². The normalized spacial score (nSPS) is 23.4. The van der Waals surface area contributed by atoms with Crippen molar-refractivity contribution in [1.82, 2.24) is 9.88 Å². The lowest BCUT2D eigenvalue weighted by Gasteiger charge is -2.47. The predicted octanol–water partition coefficient (Wildman–Crippen LogP) is 3.37. The Kier molecular flexibility index (Phi) is 7.40. The Bertz CT molecular complexity index is 1010. The molecule has 0 aliphatic carbocycles. The standard InChI is InChI=1S/C24H32ClN3O3S/c1-18-7-10-26-24(13-18)27-11-8-21(9-12-27)28-15-23(17-32(2,29)30)31-16-22(28)14-19-3-5-20(25)6-4-19/h3-7,10,13,21-23H,8-9,11-12,14-17H2,1-2H3/t22-,23+/m0/s1. The molecule has 0 bridgehead atoms. The monoisotopic (exact) mass is 477 g/mol. The average molecular weight is 478 g/mol. The number of morpholine rings is 1. The maximum atomic E-state index is 11.9. The van der Waals surface area contributed by atoms with E-state index in [1.165, 1.54) is 17.4 Å². The summed E-state index contributed by atoms with van der Waals surface area (Å²) in [4.78, 5) is 9.41. The molecule has 32 heavy (non-hydrogen) atoms. The van der Waals surface area contributed by atoms with Gasteiger partial charge in [0.1, 0.15) is 15.7 Å². The molecule has 2 fully saturated rings. The van der Waals surface area contributed by atoms with Crippen molar-refractivity contribution in [2.75, 3.05) is 43.1 Å². The molecule has 2 atom stereocenters. The van der Waals surface area contributed by atoms with E-state index in [-0.39, 0.29) is 17.9 Å². The summed E-state index contributed by atoms with van der Waals surface area (Å²) in [5, 5.41) is 0.732. The number of anilines is 1. The Morgan fingerprint density at radius 1 is 1.16 bits per heavy atom. The molecule has 0 radical (unpaired) electrons. The summed E-state index contributed by atoms with van der Waals surface area (Å²) < 4.78 is 29.8. The molecule has 1 aromatic carbocycles. The van der Waals surface area contributed by atoms with Gasteiger partial charge in [-0.3, -0.25) is 4.90 Å². The molecule has 6 nitrogen and oxygen atoms in total. The second kappa shape index (κ2) is 10.1. The summed E-state index contributed by atoms with van der Waals surface area (Å²) >= 11 is 6.06. The van der Waals surface area contributed by atoms with Gasteiger partial charge in [-0.15, -0.1) is 0 Å². The molecule has 0 spiro atoms. The van der Waals surface area contributed by atoms with Gasteiger partial charge in [0.2, 0.25) is 0 Å². The number of pyridine rings is 1. The number of hydrogen-bond acceptors (Lipinski definition) is 6. The number of halogens is 1. The van der Waals surface area contributed by atoms with E-state index in [0.29, 0.717) is 19.2 Å². The van der Waals surface area contributed by atoms with Crippen molar-refractivity contribution >= 4 is 27.3 Å². The Balaban J connectivity index is 1.46. The number of aryl methyl sites for hydroxylation is 1. The first-order valence-electron chi connectivity index (χ1n) is 11.2. The van der Waals surface area contributed by atoms with Crippen LogP contribution in [0.15, 0.2) is 42.6 Å². The van der Waals surface area contributed by atoms with Gasteiger partial charge in [0, 0.05) is 49.2 Å². The topological polar surface area (TPSA) is 62.7 Å². The van der Waals surface area contributed by atoms with Gasteiger partial charge in [-0.25, -0.2) is 13.4 Å². The number of aromatic nitrogens is 1. The molecule has 3 heterocycles. The lowest BCUT2D eigenvalue weighted by molar-refractivity contribution is -0.0731. The molecule has 174 valence electrons. The number of benzene rings is 1. The second-order valence-corrected chi connectivity index (χ2v) is 11.8. The Morgan fingerprint density at radius 3 is 2.53 bits per heavy atom. The van der Waals surface area contributed by atoms with Crippen LogP contribution in [-0.2, 0) is 21.0 Å². The van der Waals surface area contributed by atoms with E-state index in [1.54, 1.807) is 0 Å².